The zero-order valence-electron chi connectivity index (χ0n) is 12.6. The molecule has 0 amide bonds. The minimum absolute atomic E-state index is 0.00230. The molecule has 0 saturated carbocycles. The lowest BCUT2D eigenvalue weighted by atomic mass is 10.1. The fraction of sp³-hybridized carbons (Fsp3) is 0.133. The summed E-state index contributed by atoms with van der Waals surface area (Å²) in [5, 5.41) is 9.95. The molecule has 0 radical (unpaired) electrons. The number of fused-ring (bicyclic) bond motifs is 1. The zero-order chi connectivity index (χ0) is 17.4. The first-order valence-corrected chi connectivity index (χ1v) is 7.25. The molecule has 10 heteroatoms. The normalized spacial score (nSPS) is 11.5. The number of halogens is 3. The van der Waals surface area contributed by atoms with E-state index in [0.717, 1.165) is 0 Å². The Morgan fingerprint density at radius 3 is 2.76 bits per heavy atom. The maximum atomic E-state index is 13.9. The molecule has 0 aliphatic rings. The van der Waals surface area contributed by atoms with Gasteiger partial charge in [0, 0.05) is 6.42 Å². The van der Waals surface area contributed by atoms with Crippen LogP contribution in [0.25, 0.3) is 17.2 Å². The van der Waals surface area contributed by atoms with Gasteiger partial charge in [-0.2, -0.15) is 10.2 Å². The Labute approximate surface area is 138 Å². The molecule has 0 aliphatic carbocycles. The first-order valence-electron chi connectivity index (χ1n) is 7.25. The molecule has 4 aromatic rings. The van der Waals surface area contributed by atoms with Crippen molar-refractivity contribution in [2.24, 2.45) is 0 Å². The minimum Gasteiger partial charge on any atom is -0.258 e. The van der Waals surface area contributed by atoms with Gasteiger partial charge in [-0.15, -0.1) is 0 Å². The molecule has 0 spiro atoms. The van der Waals surface area contributed by atoms with E-state index >= 15 is 0 Å². The van der Waals surface area contributed by atoms with Gasteiger partial charge in [0.15, 0.2) is 11.5 Å². The quantitative estimate of drug-likeness (QED) is 0.614. The lowest BCUT2D eigenvalue weighted by molar-refractivity contribution is 0.141. The molecule has 4 rings (SSSR count). The molecular weight excluding hydrogens is 335 g/mol. The molecule has 1 N–H and O–H groups in total. The largest absolute Gasteiger partial charge is 0.296 e. The number of H-pyrrole nitrogens is 1. The second-order valence-corrected chi connectivity index (χ2v) is 5.21. The molecule has 126 valence electrons. The van der Waals surface area contributed by atoms with Gasteiger partial charge in [0.05, 0.1) is 11.9 Å². The molecule has 0 unspecified atom stereocenters. The lowest BCUT2D eigenvalue weighted by Gasteiger charge is -2.06. The van der Waals surface area contributed by atoms with Crippen LogP contribution in [0.15, 0.2) is 36.8 Å². The summed E-state index contributed by atoms with van der Waals surface area (Å²) in [6.45, 7) is 0. The van der Waals surface area contributed by atoms with Crippen LogP contribution in [0.5, 0.6) is 0 Å². The van der Waals surface area contributed by atoms with Gasteiger partial charge in [0.1, 0.15) is 17.8 Å². The van der Waals surface area contributed by atoms with E-state index in [9.17, 15) is 13.2 Å². The van der Waals surface area contributed by atoms with E-state index < -0.39 is 12.2 Å². The zero-order valence-corrected chi connectivity index (χ0v) is 12.6. The van der Waals surface area contributed by atoms with Crippen molar-refractivity contribution < 1.29 is 13.2 Å². The first-order chi connectivity index (χ1) is 12.1. The number of rotatable bonds is 4. The van der Waals surface area contributed by atoms with Crippen LogP contribution >= 0.6 is 0 Å². The number of alkyl halides is 2. The molecule has 0 atom stereocenters. The summed E-state index contributed by atoms with van der Waals surface area (Å²) in [5.41, 5.74) is 1.54. The van der Waals surface area contributed by atoms with Crippen molar-refractivity contribution in [3.8, 4) is 11.5 Å². The third-order valence-electron chi connectivity index (χ3n) is 3.59. The third kappa shape index (κ3) is 2.82. The van der Waals surface area contributed by atoms with Crippen LogP contribution in [0.2, 0.25) is 0 Å². The summed E-state index contributed by atoms with van der Waals surface area (Å²) in [5.74, 6) is -0.918. The monoisotopic (exact) mass is 345 g/mol. The van der Waals surface area contributed by atoms with Crippen LogP contribution in [-0.4, -0.2) is 34.8 Å². The summed E-state index contributed by atoms with van der Waals surface area (Å²) >= 11 is 0. The van der Waals surface area contributed by atoms with Gasteiger partial charge in [-0.3, -0.25) is 5.10 Å². The van der Waals surface area contributed by atoms with Crippen molar-refractivity contribution in [1.82, 2.24) is 34.8 Å². The Bertz CT molecular complexity index is 1040. The number of nitrogens with one attached hydrogen (secondary N) is 1. The SMILES string of the molecule is Fc1ccccc1Cc1nc(-c2n[nH]c(C(F)F)n2)cn2ncnc12. The predicted molar refractivity (Wildman–Crippen MR) is 80.3 cm³/mol. The number of aromatic nitrogens is 7. The van der Waals surface area contributed by atoms with Gasteiger partial charge >= 0.3 is 0 Å². The van der Waals surface area contributed by atoms with Gasteiger partial charge in [0.25, 0.3) is 6.43 Å². The van der Waals surface area contributed by atoms with Crippen LogP contribution in [-0.2, 0) is 6.42 Å². The first kappa shape index (κ1) is 15.2. The van der Waals surface area contributed by atoms with Crippen LogP contribution in [0, 0.1) is 5.82 Å². The smallest absolute Gasteiger partial charge is 0.258 e. The summed E-state index contributed by atoms with van der Waals surface area (Å²) in [6.07, 6.45) is 0.198. The Morgan fingerprint density at radius 1 is 1.16 bits per heavy atom. The van der Waals surface area contributed by atoms with Gasteiger partial charge in [-0.05, 0) is 11.6 Å². The van der Waals surface area contributed by atoms with E-state index in [2.05, 4.69) is 30.2 Å². The van der Waals surface area contributed by atoms with Crippen molar-refractivity contribution in [1.29, 1.82) is 0 Å². The lowest BCUT2D eigenvalue weighted by Crippen LogP contribution is -2.03. The maximum Gasteiger partial charge on any atom is 0.296 e. The van der Waals surface area contributed by atoms with E-state index in [0.29, 0.717) is 16.9 Å². The minimum atomic E-state index is -2.77. The van der Waals surface area contributed by atoms with E-state index in [1.165, 1.54) is 23.1 Å². The average molecular weight is 345 g/mol. The van der Waals surface area contributed by atoms with E-state index in [1.54, 1.807) is 18.2 Å². The van der Waals surface area contributed by atoms with Crippen molar-refractivity contribution in [3.05, 3.63) is 59.7 Å². The Hall–Kier alpha value is -3.30. The van der Waals surface area contributed by atoms with E-state index in [1.807, 2.05) is 0 Å². The topological polar surface area (TPSA) is 84.7 Å². The van der Waals surface area contributed by atoms with Crippen LogP contribution in [0.3, 0.4) is 0 Å². The number of benzene rings is 1. The van der Waals surface area contributed by atoms with Gasteiger partial charge in [-0.25, -0.2) is 32.6 Å². The van der Waals surface area contributed by atoms with E-state index in [4.69, 9.17) is 0 Å². The fourth-order valence-corrected chi connectivity index (χ4v) is 2.43. The molecular formula is C15H10F3N7. The second kappa shape index (κ2) is 5.96. The van der Waals surface area contributed by atoms with Crippen molar-refractivity contribution >= 4 is 5.65 Å². The maximum absolute atomic E-state index is 13.9. The molecule has 3 heterocycles. The average Bonchev–Trinajstić information content (AvgIpc) is 3.25. The van der Waals surface area contributed by atoms with Crippen molar-refractivity contribution in [2.45, 2.75) is 12.8 Å². The summed E-state index contributed by atoms with van der Waals surface area (Å²) in [4.78, 5) is 12.2. The van der Waals surface area contributed by atoms with Gasteiger partial charge in [-0.1, -0.05) is 18.2 Å². The van der Waals surface area contributed by atoms with Gasteiger partial charge in [0.2, 0.25) is 5.82 Å². The van der Waals surface area contributed by atoms with Gasteiger partial charge < -0.3 is 0 Å². The molecule has 1 aromatic carbocycles. The third-order valence-corrected chi connectivity index (χ3v) is 3.59. The Kier molecular flexibility index (Phi) is 3.64. The predicted octanol–water partition coefficient (Wildman–Crippen LogP) is 2.58. The number of hydrogen-bond acceptors (Lipinski definition) is 5. The Balaban J connectivity index is 1.80. The van der Waals surface area contributed by atoms with Crippen LogP contribution < -0.4 is 0 Å². The highest BCUT2D eigenvalue weighted by atomic mass is 19.3. The molecule has 0 bridgehead atoms. The van der Waals surface area contributed by atoms with Crippen molar-refractivity contribution in [3.63, 3.8) is 0 Å². The number of aromatic amines is 1. The molecule has 0 saturated heterocycles. The summed E-state index contributed by atoms with van der Waals surface area (Å²) in [6, 6.07) is 6.30. The second-order valence-electron chi connectivity index (χ2n) is 5.21. The number of nitrogens with zero attached hydrogens (tertiary/aromatic N) is 6. The van der Waals surface area contributed by atoms with Crippen LogP contribution in [0.4, 0.5) is 13.2 Å². The molecule has 0 aliphatic heterocycles. The molecule has 25 heavy (non-hydrogen) atoms. The highest BCUT2D eigenvalue weighted by Crippen LogP contribution is 2.21. The molecule has 7 nitrogen and oxygen atoms in total. The van der Waals surface area contributed by atoms with Crippen LogP contribution in [0.1, 0.15) is 23.5 Å². The summed E-state index contributed by atoms with van der Waals surface area (Å²) < 4.78 is 40.7. The fourth-order valence-electron chi connectivity index (χ4n) is 2.43. The summed E-state index contributed by atoms with van der Waals surface area (Å²) in [7, 11) is 0. The highest BCUT2D eigenvalue weighted by Gasteiger charge is 2.18. The van der Waals surface area contributed by atoms with Crippen molar-refractivity contribution in [2.75, 3.05) is 0 Å². The standard InChI is InChI=1S/C15H10F3N7/c16-9-4-2-1-3-8(9)5-10-15-19-7-20-25(15)6-11(21-10)13-22-14(12(17)18)24-23-13/h1-4,6-7,12H,5H2,(H,22,23,24). The Morgan fingerprint density at radius 2 is 2.00 bits per heavy atom. The van der Waals surface area contributed by atoms with E-state index in [-0.39, 0.29) is 23.8 Å². The molecule has 3 aromatic heterocycles. The highest BCUT2D eigenvalue weighted by molar-refractivity contribution is 5.54. The number of hydrogen-bond donors (Lipinski definition) is 1. The molecule has 0 fully saturated rings.